The zero-order valence-corrected chi connectivity index (χ0v) is 17.0. The van der Waals surface area contributed by atoms with Crippen molar-refractivity contribution in [3.8, 4) is 11.4 Å². The van der Waals surface area contributed by atoms with Crippen LogP contribution in [0.1, 0.15) is 35.2 Å². The second kappa shape index (κ2) is 8.22. The number of aromatic nitrogens is 3. The molecule has 6 nitrogen and oxygen atoms in total. The first-order chi connectivity index (χ1) is 15.5. The molecule has 164 valence electrons. The summed E-state index contributed by atoms with van der Waals surface area (Å²) in [6, 6.07) is 8.72. The lowest BCUT2D eigenvalue weighted by Gasteiger charge is -2.34. The smallest absolute Gasteiger partial charge is 0.265 e. The highest BCUT2D eigenvalue weighted by atomic mass is 19.3. The molecule has 3 heterocycles. The Morgan fingerprint density at radius 3 is 2.56 bits per heavy atom. The molecule has 1 amide bonds. The highest BCUT2D eigenvalue weighted by molar-refractivity contribution is 6.00. The topological polar surface area (TPSA) is 71.0 Å². The summed E-state index contributed by atoms with van der Waals surface area (Å²) in [5.74, 6) is 0.142. The van der Waals surface area contributed by atoms with Crippen LogP contribution in [0.2, 0.25) is 0 Å². The number of nitrogens with zero attached hydrogens (tertiary/aromatic N) is 4. The number of alkyl halides is 2. The molecular formula is C23H20F3N5O. The number of carbonyl (C=O) groups excluding carboxylic acids is 1. The minimum absolute atomic E-state index is 0.0624. The van der Waals surface area contributed by atoms with E-state index >= 15 is 0 Å². The number of fused-ring (bicyclic) bond motifs is 2. The van der Waals surface area contributed by atoms with Gasteiger partial charge in [0.25, 0.3) is 12.3 Å². The standard InChI is InChI=1S/C23H20F3N5O/c24-16-4-1-3-15(20(16)22-27-7-2-8-28-22)23(32)31-12-13-9-17(18(31)10-13)30-19-6-5-14(11-29-19)21(25)26/h1-8,11,13,17-18,21H,9-10,12H2,(H,29,30). The molecule has 1 N–H and O–H groups in total. The summed E-state index contributed by atoms with van der Waals surface area (Å²) in [5.41, 5.74) is 0.179. The molecular weight excluding hydrogens is 419 g/mol. The van der Waals surface area contributed by atoms with Gasteiger partial charge >= 0.3 is 0 Å². The molecule has 2 fully saturated rings. The van der Waals surface area contributed by atoms with Gasteiger partial charge in [-0.3, -0.25) is 4.79 Å². The number of nitrogens with one attached hydrogen (secondary N) is 1. The number of carbonyl (C=O) groups is 1. The molecule has 3 unspecified atom stereocenters. The van der Waals surface area contributed by atoms with Crippen molar-refractivity contribution >= 4 is 11.7 Å². The van der Waals surface area contributed by atoms with Crippen molar-refractivity contribution in [2.24, 2.45) is 5.92 Å². The molecule has 1 saturated heterocycles. The van der Waals surface area contributed by atoms with Gasteiger partial charge in [-0.25, -0.2) is 28.1 Å². The van der Waals surface area contributed by atoms with Gasteiger partial charge in [0, 0.05) is 36.7 Å². The van der Waals surface area contributed by atoms with Crippen LogP contribution in [-0.2, 0) is 0 Å². The van der Waals surface area contributed by atoms with Crippen molar-refractivity contribution in [3.63, 3.8) is 0 Å². The largest absolute Gasteiger partial charge is 0.365 e. The first-order valence-electron chi connectivity index (χ1n) is 10.4. The van der Waals surface area contributed by atoms with Crippen molar-refractivity contribution in [1.82, 2.24) is 19.9 Å². The van der Waals surface area contributed by atoms with Crippen LogP contribution in [0, 0.1) is 11.7 Å². The van der Waals surface area contributed by atoms with Gasteiger partial charge in [0.1, 0.15) is 11.6 Å². The molecule has 32 heavy (non-hydrogen) atoms. The number of benzene rings is 1. The number of halogens is 3. The van der Waals surface area contributed by atoms with E-state index in [1.54, 1.807) is 17.0 Å². The van der Waals surface area contributed by atoms with Gasteiger partial charge in [0.15, 0.2) is 5.82 Å². The Hall–Kier alpha value is -3.49. The van der Waals surface area contributed by atoms with Gasteiger partial charge < -0.3 is 10.2 Å². The number of likely N-dealkylation sites (tertiary alicyclic amines) is 1. The third-order valence-corrected chi connectivity index (χ3v) is 6.15. The summed E-state index contributed by atoms with van der Waals surface area (Å²) >= 11 is 0. The summed E-state index contributed by atoms with van der Waals surface area (Å²) in [6.07, 6.45) is 3.28. The Morgan fingerprint density at radius 1 is 1.06 bits per heavy atom. The van der Waals surface area contributed by atoms with Gasteiger partial charge in [0.05, 0.1) is 17.2 Å². The SMILES string of the molecule is O=C(c1cccc(F)c1-c1ncccn1)N1CC2CC(Nc3ccc(C(F)F)cn3)C1C2. The first kappa shape index (κ1) is 20.4. The maximum absolute atomic E-state index is 14.7. The molecule has 1 saturated carbocycles. The van der Waals surface area contributed by atoms with Crippen molar-refractivity contribution in [3.05, 3.63) is 71.9 Å². The lowest BCUT2D eigenvalue weighted by molar-refractivity contribution is 0.0692. The molecule has 3 atom stereocenters. The van der Waals surface area contributed by atoms with Crippen LogP contribution in [0.3, 0.4) is 0 Å². The lowest BCUT2D eigenvalue weighted by Crippen LogP contribution is -2.48. The number of amides is 1. The van der Waals surface area contributed by atoms with Crippen molar-refractivity contribution in [1.29, 1.82) is 0 Å². The molecule has 9 heteroatoms. The molecule has 5 rings (SSSR count). The van der Waals surface area contributed by atoms with Gasteiger partial charge in [-0.05, 0) is 49.1 Å². The Kier molecular flexibility index (Phi) is 5.24. The van der Waals surface area contributed by atoms with Crippen molar-refractivity contribution in [2.45, 2.75) is 31.4 Å². The summed E-state index contributed by atoms with van der Waals surface area (Å²) in [4.78, 5) is 27.6. The maximum Gasteiger partial charge on any atom is 0.265 e. The minimum Gasteiger partial charge on any atom is -0.365 e. The van der Waals surface area contributed by atoms with E-state index in [1.165, 1.54) is 36.7 Å². The van der Waals surface area contributed by atoms with Crippen molar-refractivity contribution < 1.29 is 18.0 Å². The monoisotopic (exact) mass is 439 g/mol. The normalized spacial score (nSPS) is 21.9. The van der Waals surface area contributed by atoms with Crippen LogP contribution in [0.15, 0.2) is 55.0 Å². The molecule has 3 aromatic rings. The summed E-state index contributed by atoms with van der Waals surface area (Å²) in [7, 11) is 0. The predicted octanol–water partition coefficient (Wildman–Crippen LogP) is 4.33. The van der Waals surface area contributed by atoms with Crippen LogP contribution in [0.25, 0.3) is 11.4 Å². The number of piperidine rings is 1. The summed E-state index contributed by atoms with van der Waals surface area (Å²) < 4.78 is 40.2. The van der Waals surface area contributed by atoms with Crippen LogP contribution >= 0.6 is 0 Å². The second-order valence-corrected chi connectivity index (χ2v) is 8.13. The van der Waals surface area contributed by atoms with E-state index in [1.807, 2.05) is 0 Å². The second-order valence-electron chi connectivity index (χ2n) is 8.13. The highest BCUT2D eigenvalue weighted by Crippen LogP contribution is 2.40. The average Bonchev–Trinajstić information content (AvgIpc) is 3.40. The Balaban J connectivity index is 1.39. The highest BCUT2D eigenvalue weighted by Gasteiger charge is 2.47. The fraction of sp³-hybridized carbons (Fsp3) is 0.304. The number of hydrogen-bond donors (Lipinski definition) is 1. The van der Waals surface area contributed by atoms with Crippen molar-refractivity contribution in [2.75, 3.05) is 11.9 Å². The van der Waals surface area contributed by atoms with E-state index < -0.39 is 12.2 Å². The quantitative estimate of drug-likeness (QED) is 0.641. The van der Waals surface area contributed by atoms with E-state index in [0.29, 0.717) is 18.3 Å². The van der Waals surface area contributed by atoms with Gasteiger partial charge in [-0.1, -0.05) is 6.07 Å². The number of rotatable bonds is 5. The molecule has 1 aromatic carbocycles. The van der Waals surface area contributed by atoms with E-state index in [-0.39, 0.29) is 40.5 Å². The van der Waals surface area contributed by atoms with E-state index in [9.17, 15) is 18.0 Å². The third-order valence-electron chi connectivity index (χ3n) is 6.15. The summed E-state index contributed by atoms with van der Waals surface area (Å²) in [6.45, 7) is 0.588. The fourth-order valence-electron chi connectivity index (χ4n) is 4.74. The molecule has 1 aliphatic carbocycles. The van der Waals surface area contributed by atoms with Crippen LogP contribution in [-0.4, -0.2) is 44.4 Å². The molecule has 0 radical (unpaired) electrons. The molecule has 2 aromatic heterocycles. The van der Waals surface area contributed by atoms with Crippen LogP contribution in [0.4, 0.5) is 19.0 Å². The predicted molar refractivity (Wildman–Crippen MR) is 112 cm³/mol. The van der Waals surface area contributed by atoms with E-state index in [4.69, 9.17) is 0 Å². The number of pyridine rings is 1. The molecule has 2 bridgehead atoms. The minimum atomic E-state index is -2.57. The average molecular weight is 439 g/mol. The van der Waals surface area contributed by atoms with Crippen LogP contribution < -0.4 is 5.32 Å². The third kappa shape index (κ3) is 3.68. The molecule has 2 aliphatic rings. The number of hydrogen-bond acceptors (Lipinski definition) is 5. The fourth-order valence-corrected chi connectivity index (χ4v) is 4.74. The van der Waals surface area contributed by atoms with Gasteiger partial charge in [0.2, 0.25) is 0 Å². The van der Waals surface area contributed by atoms with Gasteiger partial charge in [-0.15, -0.1) is 0 Å². The lowest BCUT2D eigenvalue weighted by atomic mass is 10.0. The van der Waals surface area contributed by atoms with Crippen LogP contribution in [0.5, 0.6) is 0 Å². The number of anilines is 1. The Bertz CT molecular complexity index is 1130. The summed E-state index contributed by atoms with van der Waals surface area (Å²) in [5, 5.41) is 3.28. The Labute approximate surface area is 182 Å². The zero-order valence-electron chi connectivity index (χ0n) is 17.0. The zero-order chi connectivity index (χ0) is 22.2. The molecule has 0 spiro atoms. The molecule has 1 aliphatic heterocycles. The van der Waals surface area contributed by atoms with Gasteiger partial charge in [-0.2, -0.15) is 0 Å². The van der Waals surface area contributed by atoms with E-state index in [0.717, 1.165) is 19.0 Å². The van der Waals surface area contributed by atoms with E-state index in [2.05, 4.69) is 20.3 Å². The Morgan fingerprint density at radius 2 is 1.88 bits per heavy atom. The maximum atomic E-state index is 14.7. The first-order valence-corrected chi connectivity index (χ1v) is 10.4.